The second-order valence-corrected chi connectivity index (χ2v) is 4.97. The Morgan fingerprint density at radius 1 is 1.26 bits per heavy atom. The number of hydrogen-bond donors (Lipinski definition) is 0. The van der Waals surface area contributed by atoms with E-state index in [9.17, 15) is 4.79 Å². The molecule has 1 aliphatic rings. The highest BCUT2D eigenvalue weighted by atomic mass is 16.5. The van der Waals surface area contributed by atoms with Gasteiger partial charge in [-0.15, -0.1) is 0 Å². The maximum atomic E-state index is 12.2. The molecule has 0 bridgehead atoms. The summed E-state index contributed by atoms with van der Waals surface area (Å²) in [5, 5.41) is 0. The van der Waals surface area contributed by atoms with Crippen molar-refractivity contribution in [1.29, 1.82) is 0 Å². The first-order chi connectivity index (χ1) is 9.25. The van der Waals surface area contributed by atoms with Crippen molar-refractivity contribution in [2.24, 2.45) is 5.41 Å². The highest BCUT2D eigenvalue weighted by Gasteiger charge is 2.39. The summed E-state index contributed by atoms with van der Waals surface area (Å²) < 4.78 is 16.3. The lowest BCUT2D eigenvalue weighted by Crippen LogP contribution is -2.42. The van der Waals surface area contributed by atoms with E-state index in [-0.39, 0.29) is 5.97 Å². The third-order valence-corrected chi connectivity index (χ3v) is 3.15. The molecule has 0 aromatic rings. The van der Waals surface area contributed by atoms with Gasteiger partial charge in [-0.25, -0.2) is 0 Å². The normalized spacial score (nSPS) is 22.4. The molecule has 4 nitrogen and oxygen atoms in total. The Morgan fingerprint density at radius 3 is 2.63 bits per heavy atom. The number of esters is 1. The lowest BCUT2D eigenvalue weighted by molar-refractivity contribution is -0.161. The summed E-state index contributed by atoms with van der Waals surface area (Å²) in [6.07, 6.45) is 7.75. The van der Waals surface area contributed by atoms with Gasteiger partial charge in [-0.05, 0) is 12.8 Å². The summed E-state index contributed by atoms with van der Waals surface area (Å²) in [6, 6.07) is 0. The smallest absolute Gasteiger partial charge is 0.320 e. The van der Waals surface area contributed by atoms with Gasteiger partial charge >= 0.3 is 5.97 Å². The van der Waals surface area contributed by atoms with E-state index in [1.807, 2.05) is 12.2 Å². The average Bonchev–Trinajstić information content (AvgIpc) is 2.45. The first kappa shape index (κ1) is 16.2. The number of rotatable bonds is 9. The van der Waals surface area contributed by atoms with Crippen molar-refractivity contribution in [3.8, 4) is 0 Å². The average molecular weight is 270 g/mol. The Balaban J connectivity index is 2.51. The summed E-state index contributed by atoms with van der Waals surface area (Å²) >= 11 is 0. The Kier molecular flexibility index (Phi) is 7.75. The monoisotopic (exact) mass is 270 g/mol. The van der Waals surface area contributed by atoms with Crippen LogP contribution in [0.2, 0.25) is 0 Å². The number of hydrogen-bond acceptors (Lipinski definition) is 4. The molecular weight excluding hydrogens is 244 g/mol. The minimum atomic E-state index is -0.750. The fourth-order valence-electron chi connectivity index (χ4n) is 1.86. The van der Waals surface area contributed by atoms with E-state index in [0.717, 1.165) is 25.7 Å². The fourth-order valence-corrected chi connectivity index (χ4v) is 1.86. The lowest BCUT2D eigenvalue weighted by atomic mass is 9.88. The summed E-state index contributed by atoms with van der Waals surface area (Å²) in [5.41, 5.74) is -0.750. The molecular formula is C15H26O4. The summed E-state index contributed by atoms with van der Waals surface area (Å²) in [5.74, 6) is -0.228. The Bertz CT molecular complexity index is 288. The molecule has 0 saturated heterocycles. The van der Waals surface area contributed by atoms with Gasteiger partial charge in [0.1, 0.15) is 5.41 Å². The van der Waals surface area contributed by atoms with Crippen molar-refractivity contribution in [2.75, 3.05) is 33.0 Å². The van der Waals surface area contributed by atoms with E-state index in [1.54, 1.807) is 0 Å². The maximum Gasteiger partial charge on any atom is 0.320 e. The first-order valence-electron chi connectivity index (χ1n) is 7.25. The van der Waals surface area contributed by atoms with Crippen molar-refractivity contribution < 1.29 is 19.0 Å². The predicted octanol–water partition coefficient (Wildman–Crippen LogP) is 2.72. The molecule has 0 aromatic heterocycles. The second-order valence-electron chi connectivity index (χ2n) is 4.97. The van der Waals surface area contributed by atoms with Crippen LogP contribution in [0.15, 0.2) is 12.2 Å². The first-order valence-corrected chi connectivity index (χ1v) is 7.25. The second kappa shape index (κ2) is 9.10. The van der Waals surface area contributed by atoms with E-state index in [0.29, 0.717) is 33.0 Å². The summed E-state index contributed by atoms with van der Waals surface area (Å²) in [7, 11) is 0. The van der Waals surface area contributed by atoms with E-state index in [4.69, 9.17) is 14.2 Å². The molecule has 0 saturated carbocycles. The van der Waals surface area contributed by atoms with Gasteiger partial charge in [0.25, 0.3) is 0 Å². The van der Waals surface area contributed by atoms with Crippen molar-refractivity contribution in [1.82, 2.24) is 0 Å². The van der Waals surface area contributed by atoms with Crippen LogP contribution in [-0.2, 0) is 19.0 Å². The zero-order valence-corrected chi connectivity index (χ0v) is 12.2. The van der Waals surface area contributed by atoms with Crippen LogP contribution >= 0.6 is 0 Å². The standard InChI is InChI=1S/C15H26O4/c1-3-5-9-17-12-15(8-7-10-18-13-15)14(16)19-11-6-4-2/h7-8H,3-6,9-13H2,1-2H3. The Hall–Kier alpha value is -0.870. The number of carbonyl (C=O) groups excluding carboxylic acids is 1. The molecule has 0 aliphatic carbocycles. The summed E-state index contributed by atoms with van der Waals surface area (Å²) in [6.45, 7) is 6.57. The van der Waals surface area contributed by atoms with Gasteiger partial charge in [-0.2, -0.15) is 0 Å². The van der Waals surface area contributed by atoms with Crippen molar-refractivity contribution >= 4 is 5.97 Å². The largest absolute Gasteiger partial charge is 0.465 e. The molecule has 0 radical (unpaired) electrons. The SMILES string of the molecule is CCCCOCC1(C(=O)OCCCC)C=CCOC1. The van der Waals surface area contributed by atoms with E-state index in [1.165, 1.54) is 0 Å². The van der Waals surface area contributed by atoms with Crippen molar-refractivity contribution in [3.05, 3.63) is 12.2 Å². The fraction of sp³-hybridized carbons (Fsp3) is 0.800. The molecule has 1 atom stereocenters. The maximum absolute atomic E-state index is 12.2. The quantitative estimate of drug-likeness (QED) is 0.367. The zero-order chi connectivity index (χ0) is 14.0. The molecule has 1 aliphatic heterocycles. The van der Waals surface area contributed by atoms with Gasteiger partial charge in [-0.1, -0.05) is 38.8 Å². The van der Waals surface area contributed by atoms with Crippen LogP contribution in [0.1, 0.15) is 39.5 Å². The van der Waals surface area contributed by atoms with Crippen LogP contribution in [0.25, 0.3) is 0 Å². The third-order valence-electron chi connectivity index (χ3n) is 3.15. The minimum Gasteiger partial charge on any atom is -0.465 e. The number of unbranched alkanes of at least 4 members (excludes halogenated alkanes) is 2. The highest BCUT2D eigenvalue weighted by Crippen LogP contribution is 2.26. The van der Waals surface area contributed by atoms with Gasteiger partial charge in [0.2, 0.25) is 0 Å². The molecule has 1 unspecified atom stereocenters. The van der Waals surface area contributed by atoms with Gasteiger partial charge < -0.3 is 14.2 Å². The molecule has 1 heterocycles. The number of carbonyl (C=O) groups is 1. The zero-order valence-electron chi connectivity index (χ0n) is 12.2. The van der Waals surface area contributed by atoms with Crippen LogP contribution in [0.4, 0.5) is 0 Å². The molecule has 0 amide bonds. The van der Waals surface area contributed by atoms with Crippen LogP contribution in [-0.4, -0.2) is 39.0 Å². The van der Waals surface area contributed by atoms with E-state index >= 15 is 0 Å². The van der Waals surface area contributed by atoms with Crippen LogP contribution in [0.5, 0.6) is 0 Å². The molecule has 0 aromatic carbocycles. The van der Waals surface area contributed by atoms with Gasteiger partial charge in [0.05, 0.1) is 26.4 Å². The topological polar surface area (TPSA) is 44.8 Å². The van der Waals surface area contributed by atoms with Crippen molar-refractivity contribution in [3.63, 3.8) is 0 Å². The molecule has 0 N–H and O–H groups in total. The minimum absolute atomic E-state index is 0.228. The Morgan fingerprint density at radius 2 is 2.00 bits per heavy atom. The van der Waals surface area contributed by atoms with E-state index < -0.39 is 5.41 Å². The van der Waals surface area contributed by atoms with Gasteiger partial charge in [0, 0.05) is 6.61 Å². The Labute approximate surface area is 116 Å². The lowest BCUT2D eigenvalue weighted by Gasteiger charge is -2.30. The summed E-state index contributed by atoms with van der Waals surface area (Å²) in [4.78, 5) is 12.2. The van der Waals surface area contributed by atoms with Crippen molar-refractivity contribution in [2.45, 2.75) is 39.5 Å². The molecule has 1 rings (SSSR count). The predicted molar refractivity (Wildman–Crippen MR) is 74.0 cm³/mol. The molecule has 0 spiro atoms. The molecule has 110 valence electrons. The highest BCUT2D eigenvalue weighted by molar-refractivity contribution is 5.79. The molecule has 4 heteroatoms. The van der Waals surface area contributed by atoms with Crippen LogP contribution in [0, 0.1) is 5.41 Å². The van der Waals surface area contributed by atoms with Crippen LogP contribution in [0.3, 0.4) is 0 Å². The van der Waals surface area contributed by atoms with Crippen LogP contribution < -0.4 is 0 Å². The number of ether oxygens (including phenoxy) is 3. The molecule has 19 heavy (non-hydrogen) atoms. The molecule has 0 fully saturated rings. The van der Waals surface area contributed by atoms with Gasteiger partial charge in [-0.3, -0.25) is 4.79 Å². The van der Waals surface area contributed by atoms with E-state index in [2.05, 4.69) is 13.8 Å². The third kappa shape index (κ3) is 5.33. The van der Waals surface area contributed by atoms with Gasteiger partial charge in [0.15, 0.2) is 0 Å².